The van der Waals surface area contributed by atoms with Crippen LogP contribution in [0.25, 0.3) is 22.0 Å². The fourth-order valence-electron chi connectivity index (χ4n) is 4.97. The van der Waals surface area contributed by atoms with Gasteiger partial charge in [-0.2, -0.15) is 18.2 Å². The highest BCUT2D eigenvalue weighted by atomic mass is 32.2. The van der Waals surface area contributed by atoms with E-state index in [-0.39, 0.29) is 66.0 Å². The highest BCUT2D eigenvalue weighted by molar-refractivity contribution is 7.99. The van der Waals surface area contributed by atoms with Crippen LogP contribution in [0.5, 0.6) is 0 Å². The van der Waals surface area contributed by atoms with E-state index in [1.54, 1.807) is 9.80 Å². The molecule has 0 bridgehead atoms. The molecule has 1 amide bonds. The molecule has 2 aliphatic heterocycles. The predicted octanol–water partition coefficient (Wildman–Crippen LogP) is 4.32. The zero-order valence-electron chi connectivity index (χ0n) is 20.7. The third-order valence-corrected chi connectivity index (χ3v) is 8.13. The second-order valence-corrected chi connectivity index (χ2v) is 10.2. The lowest BCUT2D eigenvalue weighted by Crippen LogP contribution is -2.49. The van der Waals surface area contributed by atoms with Crippen molar-refractivity contribution in [2.75, 3.05) is 43.9 Å². The smallest absolute Gasteiger partial charge is 0.379 e. The molecular formula is C26H23F5N4O3S. The molecule has 1 fully saturated rings. The number of alkyl halides is 3. The van der Waals surface area contributed by atoms with Crippen LogP contribution in [0.4, 0.5) is 27.8 Å². The summed E-state index contributed by atoms with van der Waals surface area (Å²) in [6.45, 7) is 4.47. The minimum absolute atomic E-state index is 0.0252. The van der Waals surface area contributed by atoms with Crippen molar-refractivity contribution in [2.45, 2.75) is 23.7 Å². The number of thioether (sulfide) groups is 1. The largest absolute Gasteiger partial charge is 0.417 e. The third kappa shape index (κ3) is 4.89. The van der Waals surface area contributed by atoms with Crippen LogP contribution < -0.4 is 10.6 Å². The third-order valence-electron chi connectivity index (χ3n) is 6.90. The molecule has 0 aliphatic carbocycles. The molecule has 13 heteroatoms. The topological polar surface area (TPSA) is 67.7 Å². The van der Waals surface area contributed by atoms with Crippen LogP contribution in [0.15, 0.2) is 46.6 Å². The van der Waals surface area contributed by atoms with Crippen LogP contribution in [0, 0.1) is 11.6 Å². The van der Waals surface area contributed by atoms with Crippen molar-refractivity contribution in [3.8, 4) is 11.1 Å². The van der Waals surface area contributed by atoms with Crippen molar-refractivity contribution < 1.29 is 31.5 Å². The van der Waals surface area contributed by atoms with Gasteiger partial charge in [-0.25, -0.2) is 13.6 Å². The summed E-state index contributed by atoms with van der Waals surface area (Å²) in [5.41, 5.74) is -2.56. The van der Waals surface area contributed by atoms with Gasteiger partial charge in [-0.15, -0.1) is 11.8 Å². The van der Waals surface area contributed by atoms with E-state index in [4.69, 9.17) is 4.74 Å². The Labute approximate surface area is 223 Å². The highest BCUT2D eigenvalue weighted by Gasteiger charge is 2.39. The number of methoxy groups -OCH3 is 1. The molecule has 0 N–H and O–H groups in total. The number of aromatic nitrogens is 2. The van der Waals surface area contributed by atoms with Crippen molar-refractivity contribution in [1.82, 2.24) is 14.5 Å². The van der Waals surface area contributed by atoms with Crippen LogP contribution in [0.3, 0.4) is 0 Å². The first-order chi connectivity index (χ1) is 18.5. The zero-order valence-corrected chi connectivity index (χ0v) is 21.5. The number of hydrogen-bond acceptors (Lipinski definition) is 6. The summed E-state index contributed by atoms with van der Waals surface area (Å²) in [6, 6.07) is 3.27. The Hall–Kier alpha value is -3.45. The second-order valence-electron chi connectivity index (χ2n) is 9.16. The Kier molecular flexibility index (Phi) is 7.14. The Morgan fingerprint density at radius 2 is 1.90 bits per heavy atom. The molecule has 3 heterocycles. The summed E-state index contributed by atoms with van der Waals surface area (Å²) >= 11 is 1.02. The average molecular weight is 567 g/mol. The normalized spacial score (nSPS) is 17.8. The van der Waals surface area contributed by atoms with Crippen molar-refractivity contribution in [3.05, 3.63) is 64.6 Å². The quantitative estimate of drug-likeness (QED) is 0.346. The number of carbonyl (C=O) groups is 1. The summed E-state index contributed by atoms with van der Waals surface area (Å²) in [7, 11) is 1.43. The van der Waals surface area contributed by atoms with E-state index in [9.17, 15) is 31.5 Å². The maximum Gasteiger partial charge on any atom is 0.417 e. The zero-order chi connectivity index (χ0) is 28.1. The molecule has 206 valence electrons. The van der Waals surface area contributed by atoms with Crippen molar-refractivity contribution in [1.29, 1.82) is 0 Å². The number of anilines is 1. The summed E-state index contributed by atoms with van der Waals surface area (Å²) < 4.78 is 79.2. The SMILES string of the molecule is C=CC(=O)N1CCN(c2nc(=O)n3c4c(c(-c5ccc(F)cc5F)c(C(F)(F)F)cc24)SCC(OC)C3)CC1. The standard InChI is InChI=1S/C26H23F5N4O3S/c1-3-20(36)33-6-8-34(9-7-33)24-17-11-18(26(29,30)31)21(16-5-4-14(27)10-19(16)28)23-22(17)35(25(37)32-24)12-15(38-2)13-39-23/h3-5,10-11,15H,1,6-9,12-13H2,2H3. The maximum atomic E-state index is 15.0. The molecule has 2 aromatic carbocycles. The molecule has 1 atom stereocenters. The molecule has 0 spiro atoms. The molecule has 7 nitrogen and oxygen atoms in total. The monoisotopic (exact) mass is 566 g/mol. The van der Waals surface area contributed by atoms with Gasteiger partial charge in [-0.1, -0.05) is 6.58 Å². The molecule has 1 aromatic heterocycles. The molecule has 1 saturated heterocycles. The molecule has 0 radical (unpaired) electrons. The molecule has 2 aliphatic rings. The van der Waals surface area contributed by atoms with Gasteiger partial charge in [0.05, 0.1) is 23.7 Å². The van der Waals surface area contributed by atoms with Gasteiger partial charge >= 0.3 is 11.9 Å². The molecule has 5 rings (SSSR count). The molecule has 1 unspecified atom stereocenters. The predicted molar refractivity (Wildman–Crippen MR) is 137 cm³/mol. The van der Waals surface area contributed by atoms with Crippen LogP contribution in [0.2, 0.25) is 0 Å². The Morgan fingerprint density at radius 3 is 2.51 bits per heavy atom. The summed E-state index contributed by atoms with van der Waals surface area (Å²) in [4.78, 5) is 32.8. The number of carbonyl (C=O) groups excluding carboxylic acids is 1. The summed E-state index contributed by atoms with van der Waals surface area (Å²) in [5.74, 6) is -2.13. The first-order valence-corrected chi connectivity index (χ1v) is 13.0. The Bertz CT molecular complexity index is 1530. The average Bonchev–Trinajstić information content (AvgIpc) is 3.11. The van der Waals surface area contributed by atoms with Crippen LogP contribution >= 0.6 is 11.8 Å². The van der Waals surface area contributed by atoms with Crippen molar-refractivity contribution in [2.24, 2.45) is 0 Å². The first kappa shape index (κ1) is 27.1. The van der Waals surface area contributed by atoms with E-state index in [0.717, 1.165) is 30.0 Å². The number of halogens is 5. The molecule has 0 saturated carbocycles. The number of ether oxygens (including phenoxy) is 1. The van der Waals surface area contributed by atoms with Gasteiger partial charge in [-0.3, -0.25) is 9.36 Å². The van der Waals surface area contributed by atoms with Crippen molar-refractivity contribution in [3.63, 3.8) is 0 Å². The highest BCUT2D eigenvalue weighted by Crippen LogP contribution is 2.48. The van der Waals surface area contributed by atoms with Gasteiger partial charge in [0.25, 0.3) is 0 Å². The van der Waals surface area contributed by atoms with E-state index < -0.39 is 46.3 Å². The Balaban J connectivity index is 1.81. The van der Waals surface area contributed by atoms with E-state index >= 15 is 0 Å². The van der Waals surface area contributed by atoms with E-state index in [2.05, 4.69) is 11.6 Å². The number of nitrogens with zero attached hydrogens (tertiary/aromatic N) is 4. The number of benzene rings is 2. The van der Waals surface area contributed by atoms with Gasteiger partial charge < -0.3 is 14.5 Å². The number of rotatable bonds is 4. The van der Waals surface area contributed by atoms with Gasteiger partial charge in [0.15, 0.2) is 0 Å². The number of piperazine rings is 1. The van der Waals surface area contributed by atoms with Gasteiger partial charge in [0.2, 0.25) is 5.91 Å². The number of amides is 1. The van der Waals surface area contributed by atoms with Gasteiger partial charge in [0, 0.05) is 66.5 Å². The van der Waals surface area contributed by atoms with E-state index in [1.165, 1.54) is 17.8 Å². The molecular weight excluding hydrogens is 543 g/mol. The minimum atomic E-state index is -4.91. The lowest BCUT2D eigenvalue weighted by Gasteiger charge is -2.35. The van der Waals surface area contributed by atoms with Crippen LogP contribution in [-0.2, 0) is 22.3 Å². The van der Waals surface area contributed by atoms with Crippen LogP contribution in [0.1, 0.15) is 5.56 Å². The fraction of sp³-hybridized carbons (Fsp3) is 0.346. The van der Waals surface area contributed by atoms with E-state index in [1.807, 2.05) is 0 Å². The van der Waals surface area contributed by atoms with E-state index in [0.29, 0.717) is 6.07 Å². The molecule has 39 heavy (non-hydrogen) atoms. The summed E-state index contributed by atoms with van der Waals surface area (Å²) in [6.07, 6.45) is -4.27. The summed E-state index contributed by atoms with van der Waals surface area (Å²) in [5, 5.41) is 0.0657. The van der Waals surface area contributed by atoms with Gasteiger partial charge in [-0.05, 0) is 24.3 Å². The molecule has 3 aromatic rings. The van der Waals surface area contributed by atoms with Crippen LogP contribution in [-0.4, -0.2) is 65.5 Å². The van der Waals surface area contributed by atoms with Crippen molar-refractivity contribution >= 4 is 34.4 Å². The Morgan fingerprint density at radius 1 is 1.18 bits per heavy atom. The lowest BCUT2D eigenvalue weighted by molar-refractivity contribution is -0.137. The maximum absolute atomic E-state index is 15.0. The fourth-order valence-corrected chi connectivity index (χ4v) is 6.29. The van der Waals surface area contributed by atoms with Gasteiger partial charge in [0.1, 0.15) is 17.5 Å². The second kappa shape index (κ2) is 10.3. The lowest BCUT2D eigenvalue weighted by atomic mass is 9.95. The first-order valence-electron chi connectivity index (χ1n) is 12.0. The minimum Gasteiger partial charge on any atom is -0.379 e. The number of hydrogen-bond donors (Lipinski definition) is 0.